The summed E-state index contributed by atoms with van der Waals surface area (Å²) in [7, 11) is -3.63. The molecule has 1 aromatic heterocycles. The number of sulfonamides is 1. The molecule has 1 aliphatic heterocycles. The number of hydrazone groups is 1. The lowest BCUT2D eigenvalue weighted by atomic mass is 10.0. The number of thiophene rings is 1. The van der Waals surface area contributed by atoms with Crippen molar-refractivity contribution in [1.82, 2.24) is 4.41 Å². The zero-order valence-electron chi connectivity index (χ0n) is 11.5. The molecule has 0 saturated heterocycles. The largest absolute Gasteiger partial charge is 0.247 e. The number of halogens is 2. The molecule has 4 nitrogen and oxygen atoms in total. The van der Waals surface area contributed by atoms with Crippen LogP contribution < -0.4 is 0 Å². The van der Waals surface area contributed by atoms with Gasteiger partial charge in [0, 0.05) is 17.0 Å². The molecule has 0 N–H and O–H groups in total. The van der Waals surface area contributed by atoms with Gasteiger partial charge >= 0.3 is 0 Å². The van der Waals surface area contributed by atoms with Gasteiger partial charge in [-0.2, -0.15) is 9.52 Å². The van der Waals surface area contributed by atoms with Gasteiger partial charge in [0.1, 0.15) is 5.82 Å². The molecule has 0 spiro atoms. The maximum atomic E-state index is 14.2. The lowest BCUT2D eigenvalue weighted by molar-refractivity contribution is 0.365. The van der Waals surface area contributed by atoms with Gasteiger partial charge in [-0.15, -0.1) is 11.3 Å². The van der Waals surface area contributed by atoms with Crippen molar-refractivity contribution in [2.75, 3.05) is 6.26 Å². The van der Waals surface area contributed by atoms with Crippen molar-refractivity contribution in [3.63, 3.8) is 0 Å². The number of rotatable bonds is 3. The Morgan fingerprint density at radius 3 is 2.73 bits per heavy atom. The van der Waals surface area contributed by atoms with Crippen LogP contribution in [0.2, 0.25) is 5.02 Å². The van der Waals surface area contributed by atoms with Gasteiger partial charge in [0.25, 0.3) is 0 Å². The van der Waals surface area contributed by atoms with Gasteiger partial charge in [-0.1, -0.05) is 23.7 Å². The minimum atomic E-state index is -3.63. The summed E-state index contributed by atoms with van der Waals surface area (Å²) in [4.78, 5) is 0.864. The molecule has 0 fully saturated rings. The minimum Gasteiger partial charge on any atom is -0.207 e. The normalized spacial score (nSPS) is 18.6. The van der Waals surface area contributed by atoms with Gasteiger partial charge in [0.2, 0.25) is 10.0 Å². The van der Waals surface area contributed by atoms with E-state index in [0.717, 1.165) is 15.5 Å². The van der Waals surface area contributed by atoms with E-state index in [1.807, 2.05) is 17.5 Å². The van der Waals surface area contributed by atoms with Crippen LogP contribution in [0.25, 0.3) is 0 Å². The summed E-state index contributed by atoms with van der Waals surface area (Å²) in [6.45, 7) is 0. The van der Waals surface area contributed by atoms with E-state index in [1.165, 1.54) is 23.5 Å². The van der Waals surface area contributed by atoms with Crippen LogP contribution in [0.3, 0.4) is 0 Å². The molecule has 0 saturated carbocycles. The van der Waals surface area contributed by atoms with Gasteiger partial charge in [0.05, 0.1) is 22.9 Å². The van der Waals surface area contributed by atoms with Crippen molar-refractivity contribution in [3.05, 3.63) is 57.0 Å². The summed E-state index contributed by atoms with van der Waals surface area (Å²) in [5.41, 5.74) is 0.773. The average Bonchev–Trinajstić information content (AvgIpc) is 3.06. The fourth-order valence-electron chi connectivity index (χ4n) is 2.43. The van der Waals surface area contributed by atoms with Crippen molar-refractivity contribution >= 4 is 38.7 Å². The average molecular weight is 359 g/mol. The van der Waals surface area contributed by atoms with E-state index < -0.39 is 21.9 Å². The summed E-state index contributed by atoms with van der Waals surface area (Å²) in [6.07, 6.45) is 1.34. The zero-order chi connectivity index (χ0) is 15.9. The molecule has 8 heteroatoms. The van der Waals surface area contributed by atoms with Gasteiger partial charge in [-0.05, 0) is 23.6 Å². The molecule has 1 atom stereocenters. The first-order chi connectivity index (χ1) is 10.4. The lowest BCUT2D eigenvalue weighted by Crippen LogP contribution is -2.26. The first-order valence-electron chi connectivity index (χ1n) is 6.42. The van der Waals surface area contributed by atoms with Crippen LogP contribution in [0.1, 0.15) is 22.9 Å². The third-order valence-corrected chi connectivity index (χ3v) is 5.62. The second kappa shape index (κ2) is 5.64. The Kier molecular flexibility index (Phi) is 3.96. The van der Waals surface area contributed by atoms with Gasteiger partial charge in [-0.25, -0.2) is 12.8 Å². The Morgan fingerprint density at radius 2 is 2.14 bits per heavy atom. The van der Waals surface area contributed by atoms with Crippen LogP contribution in [0, 0.1) is 5.82 Å². The Balaban J connectivity index is 2.09. The van der Waals surface area contributed by atoms with Gasteiger partial charge < -0.3 is 0 Å². The second-order valence-electron chi connectivity index (χ2n) is 4.91. The number of hydrogen-bond donors (Lipinski definition) is 0. The third kappa shape index (κ3) is 2.76. The van der Waals surface area contributed by atoms with Gasteiger partial charge in [-0.3, -0.25) is 0 Å². The molecule has 0 amide bonds. The van der Waals surface area contributed by atoms with Crippen LogP contribution >= 0.6 is 22.9 Å². The highest BCUT2D eigenvalue weighted by Gasteiger charge is 2.37. The fourth-order valence-corrected chi connectivity index (χ4v) is 4.33. The Bertz CT molecular complexity index is 814. The molecular weight excluding hydrogens is 347 g/mol. The molecule has 0 radical (unpaired) electrons. The van der Waals surface area contributed by atoms with E-state index in [-0.39, 0.29) is 17.0 Å². The summed E-state index contributed by atoms with van der Waals surface area (Å²) < 4.78 is 39.2. The summed E-state index contributed by atoms with van der Waals surface area (Å²) >= 11 is 7.55. The van der Waals surface area contributed by atoms with Crippen LogP contribution in [-0.2, 0) is 10.0 Å². The van der Waals surface area contributed by atoms with E-state index in [2.05, 4.69) is 5.10 Å². The molecule has 1 aromatic carbocycles. The predicted molar refractivity (Wildman–Crippen MR) is 86.3 cm³/mol. The summed E-state index contributed by atoms with van der Waals surface area (Å²) in [6, 6.07) is 7.25. The standard InChI is InChI=1S/C14H12ClFN2O2S2/c1-22(19,20)18-12(14-9(15)4-2-5-10(14)16)8-11(17-18)13-6-3-7-21-13/h2-7,12H,8H2,1H3. The van der Waals surface area contributed by atoms with E-state index in [4.69, 9.17) is 11.6 Å². The topological polar surface area (TPSA) is 49.7 Å². The number of hydrogen-bond acceptors (Lipinski definition) is 4. The Hall–Kier alpha value is -1.44. The van der Waals surface area contributed by atoms with E-state index in [9.17, 15) is 12.8 Å². The van der Waals surface area contributed by atoms with Crippen molar-refractivity contribution in [2.45, 2.75) is 12.5 Å². The van der Waals surface area contributed by atoms with Crippen LogP contribution in [0.4, 0.5) is 4.39 Å². The van der Waals surface area contributed by atoms with E-state index in [1.54, 1.807) is 6.07 Å². The monoisotopic (exact) mass is 358 g/mol. The first kappa shape index (κ1) is 15.5. The van der Waals surface area contributed by atoms with Gasteiger partial charge in [0.15, 0.2) is 0 Å². The zero-order valence-corrected chi connectivity index (χ0v) is 13.9. The Labute approximate surface area is 136 Å². The summed E-state index contributed by atoms with van der Waals surface area (Å²) in [5, 5.41) is 6.27. The molecule has 22 heavy (non-hydrogen) atoms. The number of nitrogens with zero attached hydrogens (tertiary/aromatic N) is 2. The quantitative estimate of drug-likeness (QED) is 0.840. The maximum absolute atomic E-state index is 14.2. The van der Waals surface area contributed by atoms with Crippen molar-refractivity contribution in [2.24, 2.45) is 5.10 Å². The highest BCUT2D eigenvalue weighted by Crippen LogP contribution is 2.39. The highest BCUT2D eigenvalue weighted by molar-refractivity contribution is 7.88. The molecule has 1 unspecified atom stereocenters. The van der Waals surface area contributed by atoms with Crippen LogP contribution in [0.5, 0.6) is 0 Å². The molecule has 116 valence electrons. The van der Waals surface area contributed by atoms with E-state index >= 15 is 0 Å². The summed E-state index contributed by atoms with van der Waals surface area (Å²) in [5.74, 6) is -0.534. The predicted octanol–water partition coefficient (Wildman–Crippen LogP) is 3.65. The highest BCUT2D eigenvalue weighted by atomic mass is 35.5. The third-order valence-electron chi connectivity index (χ3n) is 3.35. The molecule has 2 aromatic rings. The molecule has 2 heterocycles. The van der Waals surface area contributed by atoms with E-state index in [0.29, 0.717) is 5.71 Å². The van der Waals surface area contributed by atoms with Crippen molar-refractivity contribution < 1.29 is 12.8 Å². The van der Waals surface area contributed by atoms with Crippen molar-refractivity contribution in [3.8, 4) is 0 Å². The first-order valence-corrected chi connectivity index (χ1v) is 9.53. The second-order valence-corrected chi connectivity index (χ2v) is 8.11. The number of benzene rings is 1. The SMILES string of the molecule is CS(=O)(=O)N1N=C(c2cccs2)CC1c1c(F)cccc1Cl. The van der Waals surface area contributed by atoms with Crippen LogP contribution in [0.15, 0.2) is 40.8 Å². The molecular formula is C14H12ClFN2O2S2. The smallest absolute Gasteiger partial charge is 0.207 e. The van der Waals surface area contributed by atoms with Crippen molar-refractivity contribution in [1.29, 1.82) is 0 Å². The van der Waals surface area contributed by atoms with Crippen LogP contribution in [-0.4, -0.2) is 24.8 Å². The lowest BCUT2D eigenvalue weighted by Gasteiger charge is -2.22. The molecule has 0 bridgehead atoms. The Morgan fingerprint density at radius 1 is 1.36 bits per heavy atom. The molecule has 0 aliphatic carbocycles. The molecule has 1 aliphatic rings. The fraction of sp³-hybridized carbons (Fsp3) is 0.214. The minimum absolute atomic E-state index is 0.157. The maximum Gasteiger partial charge on any atom is 0.247 e. The molecule has 3 rings (SSSR count).